The van der Waals surface area contributed by atoms with E-state index in [0.717, 1.165) is 0 Å². The Labute approximate surface area is 102 Å². The van der Waals surface area contributed by atoms with Crippen LogP contribution in [-0.4, -0.2) is 35.2 Å². The second-order valence-corrected chi connectivity index (χ2v) is 5.78. The minimum atomic E-state index is -1.05. The maximum absolute atomic E-state index is 11.6. The molecule has 0 bridgehead atoms. The number of nitrogens with one attached hydrogen (secondary N) is 1. The van der Waals surface area contributed by atoms with Gasteiger partial charge in [-0.2, -0.15) is 0 Å². The van der Waals surface area contributed by atoms with Crippen molar-refractivity contribution in [1.82, 2.24) is 5.32 Å². The van der Waals surface area contributed by atoms with Gasteiger partial charge in [-0.3, -0.25) is 9.59 Å². The van der Waals surface area contributed by atoms with Gasteiger partial charge in [0.15, 0.2) is 0 Å². The topological polar surface area (TPSA) is 86.6 Å². The number of amides is 1. The standard InChI is InChI=1S/C12H23NO4/c1-11(2,5-6-14)8-13-9(15)7-12(3,4)10(16)17/h14H,5-8H2,1-4H3,(H,13,15)(H,16,17). The van der Waals surface area contributed by atoms with Crippen LogP contribution in [0.4, 0.5) is 0 Å². The summed E-state index contributed by atoms with van der Waals surface area (Å²) in [7, 11) is 0. The summed E-state index contributed by atoms with van der Waals surface area (Å²) >= 11 is 0. The van der Waals surface area contributed by atoms with E-state index >= 15 is 0 Å². The van der Waals surface area contributed by atoms with E-state index in [1.807, 2.05) is 13.8 Å². The quantitative estimate of drug-likeness (QED) is 0.625. The highest BCUT2D eigenvalue weighted by Gasteiger charge is 2.30. The Hall–Kier alpha value is -1.10. The second-order valence-electron chi connectivity index (χ2n) is 5.78. The van der Waals surface area contributed by atoms with Gasteiger partial charge in [-0.05, 0) is 25.7 Å². The predicted molar refractivity (Wildman–Crippen MR) is 64.5 cm³/mol. The van der Waals surface area contributed by atoms with Gasteiger partial charge >= 0.3 is 5.97 Å². The minimum absolute atomic E-state index is 0.0441. The molecule has 5 heteroatoms. The van der Waals surface area contributed by atoms with Crippen molar-refractivity contribution in [2.45, 2.75) is 40.5 Å². The number of aliphatic hydroxyl groups is 1. The summed E-state index contributed by atoms with van der Waals surface area (Å²) in [5.74, 6) is -1.26. The molecule has 100 valence electrons. The Kier molecular flexibility index (Phi) is 5.61. The number of carboxylic acid groups (broad SMARTS) is 1. The van der Waals surface area contributed by atoms with Crippen LogP contribution in [0.1, 0.15) is 40.5 Å². The van der Waals surface area contributed by atoms with Crippen molar-refractivity contribution in [2.24, 2.45) is 10.8 Å². The first kappa shape index (κ1) is 15.9. The lowest BCUT2D eigenvalue weighted by Crippen LogP contribution is -2.38. The lowest BCUT2D eigenvalue weighted by Gasteiger charge is -2.25. The third-order valence-corrected chi connectivity index (χ3v) is 2.73. The highest BCUT2D eigenvalue weighted by atomic mass is 16.4. The zero-order chi connectivity index (χ0) is 13.7. The molecule has 0 aliphatic heterocycles. The summed E-state index contributed by atoms with van der Waals surface area (Å²) in [4.78, 5) is 22.4. The van der Waals surface area contributed by atoms with Gasteiger partial charge in [-0.1, -0.05) is 13.8 Å². The molecule has 0 heterocycles. The Morgan fingerprint density at radius 2 is 1.71 bits per heavy atom. The summed E-state index contributed by atoms with van der Waals surface area (Å²) in [6, 6.07) is 0. The van der Waals surface area contributed by atoms with E-state index < -0.39 is 11.4 Å². The largest absolute Gasteiger partial charge is 0.481 e. The molecule has 0 radical (unpaired) electrons. The maximum Gasteiger partial charge on any atom is 0.309 e. The number of aliphatic carboxylic acids is 1. The molecule has 0 aromatic rings. The van der Waals surface area contributed by atoms with Crippen molar-refractivity contribution >= 4 is 11.9 Å². The number of aliphatic hydroxyl groups excluding tert-OH is 1. The second kappa shape index (κ2) is 6.00. The zero-order valence-electron chi connectivity index (χ0n) is 11.0. The van der Waals surface area contributed by atoms with Crippen LogP contribution >= 0.6 is 0 Å². The molecule has 5 nitrogen and oxygen atoms in total. The van der Waals surface area contributed by atoms with Gasteiger partial charge in [0.25, 0.3) is 0 Å². The van der Waals surface area contributed by atoms with Crippen LogP contribution in [0, 0.1) is 10.8 Å². The van der Waals surface area contributed by atoms with E-state index in [4.69, 9.17) is 10.2 Å². The first-order valence-corrected chi connectivity index (χ1v) is 5.72. The van der Waals surface area contributed by atoms with Gasteiger partial charge in [-0.15, -0.1) is 0 Å². The number of rotatable bonds is 7. The first-order valence-electron chi connectivity index (χ1n) is 5.72. The fourth-order valence-electron chi connectivity index (χ4n) is 1.27. The van der Waals surface area contributed by atoms with E-state index in [-0.39, 0.29) is 24.3 Å². The fraction of sp³-hybridized carbons (Fsp3) is 0.833. The van der Waals surface area contributed by atoms with Crippen LogP contribution in [0.3, 0.4) is 0 Å². The molecule has 0 unspecified atom stereocenters. The lowest BCUT2D eigenvalue weighted by molar-refractivity contribution is -0.149. The molecule has 17 heavy (non-hydrogen) atoms. The number of hydrogen-bond donors (Lipinski definition) is 3. The van der Waals surface area contributed by atoms with Crippen molar-refractivity contribution in [1.29, 1.82) is 0 Å². The smallest absolute Gasteiger partial charge is 0.309 e. The third-order valence-electron chi connectivity index (χ3n) is 2.73. The Balaban J connectivity index is 4.17. The average molecular weight is 245 g/mol. The van der Waals surface area contributed by atoms with Crippen LogP contribution in [0.15, 0.2) is 0 Å². The van der Waals surface area contributed by atoms with Crippen LogP contribution in [0.2, 0.25) is 0 Å². The molecule has 0 spiro atoms. The lowest BCUT2D eigenvalue weighted by atomic mass is 9.87. The molecule has 0 saturated heterocycles. The Bertz CT molecular complexity index is 284. The maximum atomic E-state index is 11.6. The Morgan fingerprint density at radius 1 is 1.18 bits per heavy atom. The van der Waals surface area contributed by atoms with Crippen LogP contribution < -0.4 is 5.32 Å². The number of carbonyl (C=O) groups excluding carboxylic acids is 1. The van der Waals surface area contributed by atoms with Gasteiger partial charge < -0.3 is 15.5 Å². The minimum Gasteiger partial charge on any atom is -0.481 e. The number of carbonyl (C=O) groups is 2. The molecule has 0 atom stereocenters. The van der Waals surface area contributed by atoms with E-state index in [1.165, 1.54) is 13.8 Å². The van der Waals surface area contributed by atoms with E-state index in [9.17, 15) is 9.59 Å². The average Bonchev–Trinajstić information content (AvgIpc) is 2.14. The zero-order valence-corrected chi connectivity index (χ0v) is 11.0. The summed E-state index contributed by atoms with van der Waals surface area (Å²) in [6.07, 6.45) is 0.549. The van der Waals surface area contributed by atoms with Crippen molar-refractivity contribution < 1.29 is 19.8 Å². The van der Waals surface area contributed by atoms with E-state index in [0.29, 0.717) is 13.0 Å². The Morgan fingerprint density at radius 3 is 2.12 bits per heavy atom. The molecule has 0 aliphatic carbocycles. The predicted octanol–water partition coefficient (Wildman–Crippen LogP) is 1.01. The molecule has 0 aromatic carbocycles. The van der Waals surface area contributed by atoms with Crippen LogP contribution in [0.5, 0.6) is 0 Å². The normalized spacial score (nSPS) is 12.3. The molecular weight excluding hydrogens is 222 g/mol. The molecule has 0 rings (SSSR count). The van der Waals surface area contributed by atoms with Crippen LogP contribution in [-0.2, 0) is 9.59 Å². The van der Waals surface area contributed by atoms with Crippen molar-refractivity contribution in [2.75, 3.05) is 13.2 Å². The monoisotopic (exact) mass is 245 g/mol. The van der Waals surface area contributed by atoms with Gasteiger partial charge in [0, 0.05) is 19.6 Å². The number of hydrogen-bond acceptors (Lipinski definition) is 3. The summed E-state index contributed by atoms with van der Waals surface area (Å²) < 4.78 is 0. The van der Waals surface area contributed by atoms with E-state index in [2.05, 4.69) is 5.32 Å². The number of carboxylic acids is 1. The van der Waals surface area contributed by atoms with E-state index in [1.54, 1.807) is 0 Å². The highest BCUT2D eigenvalue weighted by Crippen LogP contribution is 2.21. The first-order chi connectivity index (χ1) is 7.60. The molecule has 0 fully saturated rings. The summed E-state index contributed by atoms with van der Waals surface area (Å²) in [6.45, 7) is 7.42. The van der Waals surface area contributed by atoms with Crippen molar-refractivity contribution in [3.63, 3.8) is 0 Å². The SMILES string of the molecule is CC(C)(CCO)CNC(=O)CC(C)(C)C(=O)O. The van der Waals surface area contributed by atoms with Gasteiger partial charge in [-0.25, -0.2) is 0 Å². The van der Waals surface area contributed by atoms with Gasteiger partial charge in [0.1, 0.15) is 0 Å². The summed E-state index contributed by atoms with van der Waals surface area (Å²) in [5, 5.41) is 20.4. The fourth-order valence-corrected chi connectivity index (χ4v) is 1.27. The van der Waals surface area contributed by atoms with Crippen LogP contribution in [0.25, 0.3) is 0 Å². The van der Waals surface area contributed by atoms with Crippen molar-refractivity contribution in [3.05, 3.63) is 0 Å². The van der Waals surface area contributed by atoms with Gasteiger partial charge in [0.2, 0.25) is 5.91 Å². The molecular formula is C12H23NO4. The van der Waals surface area contributed by atoms with Crippen molar-refractivity contribution in [3.8, 4) is 0 Å². The third kappa shape index (κ3) is 6.26. The summed E-state index contributed by atoms with van der Waals surface area (Å²) in [5.41, 5.74) is -1.23. The molecule has 0 aromatic heterocycles. The molecule has 1 amide bonds. The highest BCUT2D eigenvalue weighted by molar-refractivity contribution is 5.84. The molecule has 3 N–H and O–H groups in total. The molecule has 0 saturated carbocycles. The molecule has 0 aliphatic rings. The van der Waals surface area contributed by atoms with Gasteiger partial charge in [0.05, 0.1) is 5.41 Å².